The number of halogens is 4. The summed E-state index contributed by atoms with van der Waals surface area (Å²) in [5.74, 6) is -5.75. The van der Waals surface area contributed by atoms with Crippen molar-refractivity contribution in [2.45, 2.75) is 29.5 Å². The number of nitrogens with zero attached hydrogens (tertiary/aromatic N) is 1. The van der Waals surface area contributed by atoms with E-state index in [1.54, 1.807) is 0 Å². The third kappa shape index (κ3) is 4.64. The van der Waals surface area contributed by atoms with Crippen LogP contribution in [0.25, 0.3) is 0 Å². The minimum absolute atomic E-state index is 0.0222. The number of carbonyl (C=O) groups is 2. The van der Waals surface area contributed by atoms with Gasteiger partial charge in [-0.15, -0.1) is 0 Å². The van der Waals surface area contributed by atoms with Crippen molar-refractivity contribution in [1.29, 1.82) is 0 Å². The number of rotatable bonds is 4. The van der Waals surface area contributed by atoms with Gasteiger partial charge in [0.25, 0.3) is 5.76 Å². The highest BCUT2D eigenvalue weighted by molar-refractivity contribution is 7.99. The van der Waals surface area contributed by atoms with Gasteiger partial charge in [-0.1, -0.05) is 17.8 Å². The van der Waals surface area contributed by atoms with Gasteiger partial charge in [0.2, 0.25) is 0 Å². The zero-order valence-corrected chi connectivity index (χ0v) is 15.3. The van der Waals surface area contributed by atoms with Gasteiger partial charge in [0, 0.05) is 22.7 Å². The van der Waals surface area contributed by atoms with Crippen LogP contribution in [0.4, 0.5) is 23.2 Å². The fourth-order valence-corrected chi connectivity index (χ4v) is 3.73. The second-order valence-electron chi connectivity index (χ2n) is 6.18. The Morgan fingerprint density at radius 1 is 1.14 bits per heavy atom. The second-order valence-corrected chi connectivity index (χ2v) is 7.25. The van der Waals surface area contributed by atoms with E-state index in [-0.39, 0.29) is 22.7 Å². The number of nitrogens with one attached hydrogen (secondary N) is 1. The maximum Gasteiger partial charge on any atom is 0.313 e. The fourth-order valence-electron chi connectivity index (χ4n) is 3.17. The third-order valence-corrected chi connectivity index (χ3v) is 5.05. The minimum Gasteiger partial charge on any atom is -0.327 e. The fraction of sp³-hybridized carbons (Fsp3) is 0.263. The first-order valence-corrected chi connectivity index (χ1v) is 9.35. The molecule has 0 saturated carbocycles. The molecule has 1 aliphatic heterocycles. The van der Waals surface area contributed by atoms with Gasteiger partial charge in [-0.25, -0.2) is 8.78 Å². The number of alkyl halides is 2. The molecule has 148 valence electrons. The predicted molar refractivity (Wildman–Crippen MR) is 97.0 cm³/mol. The lowest BCUT2D eigenvalue weighted by Gasteiger charge is -2.25. The van der Waals surface area contributed by atoms with E-state index in [1.165, 1.54) is 29.2 Å². The molecular formula is C19H16F4N2O2S. The Morgan fingerprint density at radius 3 is 2.68 bits per heavy atom. The van der Waals surface area contributed by atoms with E-state index in [0.717, 1.165) is 18.2 Å². The van der Waals surface area contributed by atoms with Crippen molar-refractivity contribution in [3.63, 3.8) is 0 Å². The number of amides is 2. The Labute approximate surface area is 162 Å². The molecule has 1 unspecified atom stereocenters. The normalized spacial score (nSPS) is 16.5. The molecule has 0 aliphatic carbocycles. The number of hydrogen-bond donors (Lipinski definition) is 1. The standard InChI is InChI=1S/C19H16F4N2O2S/c20-11-6-7-15(21)14(9-11)16-5-2-8-25(16)18(27)17(26)24-12-3-1-4-13(10-12)28-19(22)23/h1,3-4,6-7,9-10,16,19H,2,5,8H2,(H,24,26). The molecule has 2 aromatic carbocycles. The van der Waals surface area contributed by atoms with Crippen molar-refractivity contribution in [1.82, 2.24) is 4.90 Å². The molecule has 3 rings (SSSR count). The van der Waals surface area contributed by atoms with Gasteiger partial charge in [-0.3, -0.25) is 9.59 Å². The van der Waals surface area contributed by atoms with Crippen LogP contribution >= 0.6 is 11.8 Å². The zero-order chi connectivity index (χ0) is 20.3. The molecule has 0 spiro atoms. The van der Waals surface area contributed by atoms with E-state index in [1.807, 2.05) is 0 Å². The average Bonchev–Trinajstić information content (AvgIpc) is 3.12. The Hall–Kier alpha value is -2.55. The summed E-state index contributed by atoms with van der Waals surface area (Å²) in [5.41, 5.74) is 0.214. The molecule has 1 atom stereocenters. The average molecular weight is 412 g/mol. The summed E-state index contributed by atoms with van der Waals surface area (Å²) in [6.45, 7) is 0.230. The maximum atomic E-state index is 14.1. The molecule has 2 amide bonds. The first kappa shape index (κ1) is 20.2. The Bertz CT molecular complexity index is 894. The number of anilines is 1. The molecular weight excluding hydrogens is 396 g/mol. The Balaban J connectivity index is 1.74. The van der Waals surface area contributed by atoms with Crippen LogP contribution in [0, 0.1) is 11.6 Å². The number of thioether (sulfide) groups is 1. The van der Waals surface area contributed by atoms with Crippen LogP contribution in [0.2, 0.25) is 0 Å². The highest BCUT2D eigenvalue weighted by atomic mass is 32.2. The van der Waals surface area contributed by atoms with Gasteiger partial charge in [0.05, 0.1) is 6.04 Å². The first-order valence-electron chi connectivity index (χ1n) is 8.47. The number of carbonyl (C=O) groups excluding carboxylic acids is 2. The second kappa shape index (κ2) is 8.64. The lowest BCUT2D eigenvalue weighted by molar-refractivity contribution is -0.143. The predicted octanol–water partition coefficient (Wildman–Crippen LogP) is 4.58. The quantitative estimate of drug-likeness (QED) is 0.454. The molecule has 2 aromatic rings. The molecule has 4 nitrogen and oxygen atoms in total. The monoisotopic (exact) mass is 412 g/mol. The smallest absolute Gasteiger partial charge is 0.313 e. The molecule has 1 N–H and O–H groups in total. The lowest BCUT2D eigenvalue weighted by Crippen LogP contribution is -2.39. The van der Waals surface area contributed by atoms with Crippen LogP contribution in [-0.4, -0.2) is 29.0 Å². The summed E-state index contributed by atoms with van der Waals surface area (Å²) in [6, 6.07) is 7.98. The van der Waals surface area contributed by atoms with Crippen molar-refractivity contribution >= 4 is 29.3 Å². The molecule has 28 heavy (non-hydrogen) atoms. The zero-order valence-electron chi connectivity index (χ0n) is 14.5. The number of likely N-dealkylation sites (tertiary alicyclic amines) is 1. The van der Waals surface area contributed by atoms with Gasteiger partial charge in [-0.2, -0.15) is 8.78 Å². The highest BCUT2D eigenvalue weighted by Crippen LogP contribution is 2.34. The van der Waals surface area contributed by atoms with Crippen molar-refractivity contribution in [3.8, 4) is 0 Å². The van der Waals surface area contributed by atoms with Crippen molar-refractivity contribution in [3.05, 3.63) is 59.7 Å². The van der Waals surface area contributed by atoms with E-state index >= 15 is 0 Å². The van der Waals surface area contributed by atoms with Gasteiger partial charge in [0.1, 0.15) is 11.6 Å². The first-order chi connectivity index (χ1) is 13.3. The maximum absolute atomic E-state index is 14.1. The van der Waals surface area contributed by atoms with Gasteiger partial charge < -0.3 is 10.2 Å². The molecule has 1 aliphatic rings. The molecule has 9 heteroatoms. The van der Waals surface area contributed by atoms with E-state index in [0.29, 0.717) is 24.6 Å². The molecule has 0 aromatic heterocycles. The van der Waals surface area contributed by atoms with Crippen LogP contribution < -0.4 is 5.32 Å². The Morgan fingerprint density at radius 2 is 1.93 bits per heavy atom. The van der Waals surface area contributed by atoms with Crippen molar-refractivity contribution in [2.75, 3.05) is 11.9 Å². The van der Waals surface area contributed by atoms with Crippen molar-refractivity contribution in [2.24, 2.45) is 0 Å². The summed E-state index contributed by atoms with van der Waals surface area (Å²) in [5, 5.41) is 2.37. The topological polar surface area (TPSA) is 49.4 Å². The SMILES string of the molecule is O=C(Nc1cccc(SC(F)F)c1)C(=O)N1CCCC1c1cc(F)ccc1F. The van der Waals surface area contributed by atoms with Crippen molar-refractivity contribution < 1.29 is 27.2 Å². The summed E-state index contributed by atoms with van der Waals surface area (Å²) < 4.78 is 52.5. The molecule has 1 fully saturated rings. The summed E-state index contributed by atoms with van der Waals surface area (Å²) >= 11 is 0.317. The number of benzene rings is 2. The van der Waals surface area contributed by atoms with Gasteiger partial charge in [0.15, 0.2) is 0 Å². The van der Waals surface area contributed by atoms with E-state index in [9.17, 15) is 27.2 Å². The van der Waals surface area contributed by atoms with Gasteiger partial charge >= 0.3 is 11.8 Å². The minimum atomic E-state index is -2.61. The van der Waals surface area contributed by atoms with Crippen LogP contribution in [0.3, 0.4) is 0 Å². The van der Waals surface area contributed by atoms with Crippen LogP contribution in [0.5, 0.6) is 0 Å². The highest BCUT2D eigenvalue weighted by Gasteiger charge is 2.35. The number of hydrogen-bond acceptors (Lipinski definition) is 3. The third-order valence-electron chi connectivity index (χ3n) is 4.34. The molecule has 0 radical (unpaired) electrons. The van der Waals surface area contributed by atoms with Crippen LogP contribution in [0.15, 0.2) is 47.4 Å². The molecule has 0 bridgehead atoms. The largest absolute Gasteiger partial charge is 0.327 e. The summed E-state index contributed by atoms with van der Waals surface area (Å²) in [6.07, 6.45) is 0.945. The van der Waals surface area contributed by atoms with Crippen LogP contribution in [-0.2, 0) is 9.59 Å². The van der Waals surface area contributed by atoms with E-state index in [2.05, 4.69) is 5.32 Å². The van der Waals surface area contributed by atoms with E-state index < -0.39 is 35.2 Å². The molecule has 1 saturated heterocycles. The molecule has 1 heterocycles. The van der Waals surface area contributed by atoms with Crippen LogP contribution in [0.1, 0.15) is 24.4 Å². The van der Waals surface area contributed by atoms with E-state index in [4.69, 9.17) is 0 Å². The van der Waals surface area contributed by atoms with Gasteiger partial charge in [-0.05, 0) is 49.2 Å². The Kier molecular flexibility index (Phi) is 6.23. The lowest BCUT2D eigenvalue weighted by atomic mass is 10.0. The summed E-state index contributed by atoms with van der Waals surface area (Å²) in [7, 11) is 0. The summed E-state index contributed by atoms with van der Waals surface area (Å²) in [4.78, 5) is 26.3.